The third-order valence-electron chi connectivity index (χ3n) is 3.10. The molecule has 0 radical (unpaired) electrons. The number of benzene rings is 1. The number of nitrogens with one attached hydrogen (secondary N) is 1. The second-order valence-electron chi connectivity index (χ2n) is 4.45. The van der Waals surface area contributed by atoms with E-state index in [1.807, 2.05) is 18.2 Å². The summed E-state index contributed by atoms with van der Waals surface area (Å²) in [6.45, 7) is 2.84. The number of aliphatic hydroxyl groups is 1. The van der Waals surface area contributed by atoms with Gasteiger partial charge in [-0.2, -0.15) is 0 Å². The van der Waals surface area contributed by atoms with Crippen LogP contribution in [0.25, 0.3) is 0 Å². The summed E-state index contributed by atoms with van der Waals surface area (Å²) in [5.41, 5.74) is 1.28. The van der Waals surface area contributed by atoms with Crippen LogP contribution in [-0.4, -0.2) is 17.8 Å². The highest BCUT2D eigenvalue weighted by Gasteiger charge is 2.29. The van der Waals surface area contributed by atoms with Gasteiger partial charge in [0.25, 0.3) is 0 Å². The SMILES string of the molecule is CC(NCC(O)C1CC1)c1ccccc1. The van der Waals surface area contributed by atoms with E-state index in [2.05, 4.69) is 24.4 Å². The first-order valence-electron chi connectivity index (χ1n) is 5.74. The van der Waals surface area contributed by atoms with Gasteiger partial charge < -0.3 is 10.4 Å². The minimum absolute atomic E-state index is 0.156. The fraction of sp³-hybridized carbons (Fsp3) is 0.538. The molecule has 2 nitrogen and oxygen atoms in total. The topological polar surface area (TPSA) is 32.3 Å². The van der Waals surface area contributed by atoms with Gasteiger partial charge in [-0.25, -0.2) is 0 Å². The van der Waals surface area contributed by atoms with Crippen molar-refractivity contribution in [2.75, 3.05) is 6.54 Å². The van der Waals surface area contributed by atoms with Crippen LogP contribution in [0, 0.1) is 5.92 Å². The zero-order valence-electron chi connectivity index (χ0n) is 9.19. The van der Waals surface area contributed by atoms with Crippen molar-refractivity contribution in [3.8, 4) is 0 Å². The van der Waals surface area contributed by atoms with Crippen LogP contribution in [0.5, 0.6) is 0 Å². The zero-order valence-corrected chi connectivity index (χ0v) is 9.19. The predicted molar refractivity (Wildman–Crippen MR) is 61.6 cm³/mol. The molecule has 82 valence electrons. The molecule has 1 aliphatic rings. The van der Waals surface area contributed by atoms with Gasteiger partial charge in [0.05, 0.1) is 6.10 Å². The summed E-state index contributed by atoms with van der Waals surface area (Å²) in [7, 11) is 0. The second-order valence-corrected chi connectivity index (χ2v) is 4.45. The van der Waals surface area contributed by atoms with Crippen molar-refractivity contribution in [1.29, 1.82) is 0 Å². The third-order valence-corrected chi connectivity index (χ3v) is 3.10. The van der Waals surface area contributed by atoms with E-state index in [1.54, 1.807) is 0 Å². The lowest BCUT2D eigenvalue weighted by Gasteiger charge is -2.17. The van der Waals surface area contributed by atoms with Crippen molar-refractivity contribution in [3.05, 3.63) is 35.9 Å². The molecule has 0 aliphatic heterocycles. The van der Waals surface area contributed by atoms with E-state index in [1.165, 1.54) is 18.4 Å². The van der Waals surface area contributed by atoms with E-state index in [-0.39, 0.29) is 6.10 Å². The van der Waals surface area contributed by atoms with E-state index in [4.69, 9.17) is 0 Å². The molecule has 2 unspecified atom stereocenters. The lowest BCUT2D eigenvalue weighted by atomic mass is 10.1. The number of hydrogen-bond donors (Lipinski definition) is 2. The van der Waals surface area contributed by atoms with Crippen LogP contribution in [0.1, 0.15) is 31.4 Å². The molecule has 1 aliphatic carbocycles. The summed E-state index contributed by atoms with van der Waals surface area (Å²) >= 11 is 0. The lowest BCUT2D eigenvalue weighted by molar-refractivity contribution is 0.145. The van der Waals surface area contributed by atoms with Gasteiger partial charge in [-0.3, -0.25) is 0 Å². The molecule has 0 amide bonds. The van der Waals surface area contributed by atoms with Crippen LogP contribution in [-0.2, 0) is 0 Å². The molecule has 2 heteroatoms. The van der Waals surface area contributed by atoms with Gasteiger partial charge >= 0.3 is 0 Å². The van der Waals surface area contributed by atoms with Crippen LogP contribution in [0.3, 0.4) is 0 Å². The highest BCUT2D eigenvalue weighted by molar-refractivity contribution is 5.18. The van der Waals surface area contributed by atoms with Crippen LogP contribution >= 0.6 is 0 Å². The van der Waals surface area contributed by atoms with Crippen molar-refractivity contribution in [2.45, 2.75) is 31.9 Å². The Bertz CT molecular complexity index is 295. The van der Waals surface area contributed by atoms with E-state index in [0.29, 0.717) is 18.5 Å². The zero-order chi connectivity index (χ0) is 10.7. The molecule has 1 saturated carbocycles. The Morgan fingerprint density at radius 2 is 2.00 bits per heavy atom. The second kappa shape index (κ2) is 4.77. The largest absolute Gasteiger partial charge is 0.392 e. The van der Waals surface area contributed by atoms with Gasteiger partial charge in [0, 0.05) is 12.6 Å². The van der Waals surface area contributed by atoms with E-state index in [0.717, 1.165) is 0 Å². The highest BCUT2D eigenvalue weighted by Crippen LogP contribution is 2.32. The van der Waals surface area contributed by atoms with E-state index >= 15 is 0 Å². The summed E-state index contributed by atoms with van der Waals surface area (Å²) in [6, 6.07) is 10.7. The van der Waals surface area contributed by atoms with Crippen molar-refractivity contribution >= 4 is 0 Å². The predicted octanol–water partition coefficient (Wildman–Crippen LogP) is 2.11. The maximum atomic E-state index is 9.72. The van der Waals surface area contributed by atoms with E-state index in [9.17, 15) is 5.11 Å². The Labute approximate surface area is 91.3 Å². The molecule has 1 fully saturated rings. The van der Waals surface area contributed by atoms with Crippen molar-refractivity contribution in [1.82, 2.24) is 5.32 Å². The third kappa shape index (κ3) is 3.05. The first kappa shape index (κ1) is 10.7. The van der Waals surface area contributed by atoms with Crippen LogP contribution in [0.2, 0.25) is 0 Å². The Balaban J connectivity index is 1.79. The first-order chi connectivity index (χ1) is 7.27. The molecule has 1 aromatic carbocycles. The molecular formula is C13H19NO. The molecule has 2 rings (SSSR count). The fourth-order valence-corrected chi connectivity index (χ4v) is 1.80. The minimum Gasteiger partial charge on any atom is -0.392 e. The average Bonchev–Trinajstić information content (AvgIpc) is 3.10. The average molecular weight is 205 g/mol. The summed E-state index contributed by atoms with van der Waals surface area (Å²) in [5.74, 6) is 0.556. The Morgan fingerprint density at radius 1 is 1.33 bits per heavy atom. The fourth-order valence-electron chi connectivity index (χ4n) is 1.80. The molecule has 0 heterocycles. The Morgan fingerprint density at radius 3 is 2.60 bits per heavy atom. The number of aliphatic hydroxyl groups excluding tert-OH is 1. The van der Waals surface area contributed by atoms with Gasteiger partial charge in [0.1, 0.15) is 0 Å². The quantitative estimate of drug-likeness (QED) is 0.771. The Kier molecular flexibility index (Phi) is 3.39. The Hall–Kier alpha value is -0.860. The van der Waals surface area contributed by atoms with Gasteiger partial charge in [-0.05, 0) is 31.2 Å². The standard InChI is InChI=1S/C13H19NO/c1-10(11-5-3-2-4-6-11)14-9-13(15)12-7-8-12/h2-6,10,12-15H,7-9H2,1H3. The van der Waals surface area contributed by atoms with Gasteiger partial charge in [0.2, 0.25) is 0 Å². The monoisotopic (exact) mass is 205 g/mol. The lowest BCUT2D eigenvalue weighted by Crippen LogP contribution is -2.30. The van der Waals surface area contributed by atoms with Crippen molar-refractivity contribution in [3.63, 3.8) is 0 Å². The first-order valence-corrected chi connectivity index (χ1v) is 5.74. The smallest absolute Gasteiger partial charge is 0.0692 e. The molecule has 0 bridgehead atoms. The maximum absolute atomic E-state index is 9.72. The molecule has 2 N–H and O–H groups in total. The van der Waals surface area contributed by atoms with Gasteiger partial charge in [-0.1, -0.05) is 30.3 Å². The molecular weight excluding hydrogens is 186 g/mol. The minimum atomic E-state index is -0.156. The maximum Gasteiger partial charge on any atom is 0.0692 e. The molecule has 15 heavy (non-hydrogen) atoms. The van der Waals surface area contributed by atoms with Crippen LogP contribution in [0.15, 0.2) is 30.3 Å². The molecule has 1 aromatic rings. The van der Waals surface area contributed by atoms with Crippen LogP contribution < -0.4 is 5.32 Å². The summed E-state index contributed by atoms with van der Waals surface area (Å²) in [4.78, 5) is 0. The van der Waals surface area contributed by atoms with Crippen LogP contribution in [0.4, 0.5) is 0 Å². The van der Waals surface area contributed by atoms with Crippen molar-refractivity contribution in [2.24, 2.45) is 5.92 Å². The van der Waals surface area contributed by atoms with Crippen molar-refractivity contribution < 1.29 is 5.11 Å². The number of rotatable bonds is 5. The summed E-state index contributed by atoms with van der Waals surface area (Å²) in [5, 5.41) is 13.1. The molecule has 0 saturated heterocycles. The van der Waals surface area contributed by atoms with Gasteiger partial charge in [0.15, 0.2) is 0 Å². The number of hydrogen-bond acceptors (Lipinski definition) is 2. The normalized spacial score (nSPS) is 19.9. The molecule has 2 atom stereocenters. The molecule has 0 spiro atoms. The summed E-state index contributed by atoms with van der Waals surface area (Å²) in [6.07, 6.45) is 2.24. The molecule has 0 aromatic heterocycles. The van der Waals surface area contributed by atoms with Gasteiger partial charge in [-0.15, -0.1) is 0 Å². The highest BCUT2D eigenvalue weighted by atomic mass is 16.3. The van der Waals surface area contributed by atoms with E-state index < -0.39 is 0 Å². The summed E-state index contributed by atoms with van der Waals surface area (Å²) < 4.78 is 0.